The lowest BCUT2D eigenvalue weighted by molar-refractivity contribution is -0.137. The Morgan fingerprint density at radius 1 is 1.16 bits per heavy atom. The second kappa shape index (κ2) is 7.84. The number of amides is 1. The van der Waals surface area contributed by atoms with E-state index < -0.39 is 11.7 Å². The second-order valence-electron chi connectivity index (χ2n) is 8.09. The van der Waals surface area contributed by atoms with Crippen molar-refractivity contribution in [3.63, 3.8) is 0 Å². The van der Waals surface area contributed by atoms with Crippen molar-refractivity contribution in [3.05, 3.63) is 59.0 Å². The number of aryl methyl sites for hydroxylation is 1. The van der Waals surface area contributed by atoms with Gasteiger partial charge in [-0.05, 0) is 43.4 Å². The molecule has 3 unspecified atom stereocenters. The van der Waals surface area contributed by atoms with Gasteiger partial charge in [0.25, 0.3) is 5.91 Å². The van der Waals surface area contributed by atoms with Crippen LogP contribution in [0.3, 0.4) is 0 Å². The quantitative estimate of drug-likeness (QED) is 0.569. The molecule has 2 aliphatic rings. The molecule has 3 atom stereocenters. The van der Waals surface area contributed by atoms with Crippen LogP contribution in [0.2, 0.25) is 0 Å². The summed E-state index contributed by atoms with van der Waals surface area (Å²) in [6.45, 7) is 2.53. The van der Waals surface area contributed by atoms with Crippen molar-refractivity contribution in [2.45, 2.75) is 38.1 Å². The number of halogens is 3. The summed E-state index contributed by atoms with van der Waals surface area (Å²) in [4.78, 5) is 27.8. The summed E-state index contributed by atoms with van der Waals surface area (Å²) in [6.07, 6.45) is 0.829. The maximum absolute atomic E-state index is 13.5. The predicted octanol–water partition coefficient (Wildman–Crippen LogP) is 4.61. The average Bonchev–Trinajstić information content (AvgIpc) is 3.50. The molecule has 0 aromatic carbocycles. The molecule has 3 aromatic rings. The molecule has 1 saturated carbocycles. The minimum Gasteiger partial charge on any atom is -0.472 e. The van der Waals surface area contributed by atoms with Crippen molar-refractivity contribution in [2.75, 3.05) is 6.54 Å². The van der Waals surface area contributed by atoms with Gasteiger partial charge in [-0.25, -0.2) is 9.97 Å². The van der Waals surface area contributed by atoms with E-state index in [0.717, 1.165) is 41.2 Å². The molecule has 5 rings (SSSR count). The molecule has 1 aliphatic heterocycles. The molecule has 1 saturated heterocycles. The van der Waals surface area contributed by atoms with Crippen molar-refractivity contribution < 1.29 is 22.7 Å². The van der Waals surface area contributed by atoms with Gasteiger partial charge in [-0.2, -0.15) is 13.2 Å². The Morgan fingerprint density at radius 2 is 2.00 bits per heavy atom. The third-order valence-corrected chi connectivity index (χ3v) is 6.82. The highest BCUT2D eigenvalue weighted by molar-refractivity contribution is 7.13. The number of carbonyl (C=O) groups is 1. The van der Waals surface area contributed by atoms with Crippen LogP contribution in [0.1, 0.15) is 34.5 Å². The zero-order chi connectivity index (χ0) is 22.5. The van der Waals surface area contributed by atoms with Crippen molar-refractivity contribution in [3.8, 4) is 16.5 Å². The van der Waals surface area contributed by atoms with Crippen LogP contribution in [0.25, 0.3) is 10.6 Å². The lowest BCUT2D eigenvalue weighted by Gasteiger charge is -2.33. The topological polar surface area (TPSA) is 68.2 Å². The van der Waals surface area contributed by atoms with E-state index in [9.17, 15) is 18.0 Å². The van der Waals surface area contributed by atoms with Gasteiger partial charge in [0.1, 0.15) is 16.8 Å². The van der Waals surface area contributed by atoms with Gasteiger partial charge in [-0.15, -0.1) is 11.3 Å². The number of hydrogen-bond acceptors (Lipinski definition) is 6. The number of hydrogen-bond donors (Lipinski definition) is 0. The number of thiazole rings is 1. The first-order chi connectivity index (χ1) is 15.3. The number of rotatable bonds is 4. The van der Waals surface area contributed by atoms with Crippen molar-refractivity contribution in [1.29, 1.82) is 0 Å². The predicted molar refractivity (Wildman–Crippen MR) is 111 cm³/mol. The standard InChI is InChI=1S/C22H19F3N4O2S/c1-12-4-5-26-19(18(12)20-27-6-7-32-20)21(30)29-11-13-8-15(29)16(9-13)31-17-3-2-14(10-28-17)22(23,24)25/h2-7,10,13,15-16H,8-9,11H2,1H3. The molecule has 2 bridgehead atoms. The highest BCUT2D eigenvalue weighted by Crippen LogP contribution is 2.41. The SMILES string of the molecule is Cc1ccnc(C(=O)N2CC3CC(Oc4ccc(C(F)(F)F)cn4)C2C3)c1-c1nccs1. The highest BCUT2D eigenvalue weighted by Gasteiger charge is 2.49. The molecule has 32 heavy (non-hydrogen) atoms. The van der Waals surface area contributed by atoms with E-state index in [1.54, 1.807) is 17.3 Å². The first-order valence-electron chi connectivity index (χ1n) is 10.2. The van der Waals surface area contributed by atoms with Gasteiger partial charge in [0.2, 0.25) is 5.88 Å². The van der Waals surface area contributed by atoms with E-state index in [-0.39, 0.29) is 29.9 Å². The summed E-state index contributed by atoms with van der Waals surface area (Å²) in [7, 11) is 0. The summed E-state index contributed by atoms with van der Waals surface area (Å²) >= 11 is 1.45. The number of nitrogens with zero attached hydrogens (tertiary/aromatic N) is 4. The maximum atomic E-state index is 13.5. The summed E-state index contributed by atoms with van der Waals surface area (Å²) in [5.74, 6) is 0.219. The number of fused-ring (bicyclic) bond motifs is 2. The van der Waals surface area contributed by atoms with Crippen LogP contribution >= 0.6 is 11.3 Å². The fourth-order valence-electron chi connectivity index (χ4n) is 4.57. The monoisotopic (exact) mass is 460 g/mol. The zero-order valence-corrected chi connectivity index (χ0v) is 17.9. The first kappa shape index (κ1) is 20.9. The van der Waals surface area contributed by atoms with E-state index in [1.807, 2.05) is 18.4 Å². The number of pyridine rings is 2. The summed E-state index contributed by atoms with van der Waals surface area (Å²) in [6, 6.07) is 3.85. The van der Waals surface area contributed by atoms with Gasteiger partial charge < -0.3 is 9.64 Å². The van der Waals surface area contributed by atoms with Gasteiger partial charge in [-0.1, -0.05) is 0 Å². The number of likely N-dealkylation sites (tertiary alicyclic amines) is 1. The van der Waals surface area contributed by atoms with Crippen LogP contribution < -0.4 is 4.74 Å². The van der Waals surface area contributed by atoms with Gasteiger partial charge in [-0.3, -0.25) is 9.78 Å². The van der Waals surface area contributed by atoms with Gasteiger partial charge in [0, 0.05) is 42.1 Å². The minimum absolute atomic E-state index is 0.125. The fourth-order valence-corrected chi connectivity index (χ4v) is 5.32. The summed E-state index contributed by atoms with van der Waals surface area (Å²) < 4.78 is 44.2. The number of piperidine rings is 1. The molecule has 1 amide bonds. The van der Waals surface area contributed by atoms with Crippen molar-refractivity contribution >= 4 is 17.2 Å². The highest BCUT2D eigenvalue weighted by atomic mass is 32.1. The molecule has 0 N–H and O–H groups in total. The second-order valence-corrected chi connectivity index (χ2v) is 8.98. The molecular weight excluding hydrogens is 441 g/mol. The molecule has 2 fully saturated rings. The fraction of sp³-hybridized carbons (Fsp3) is 0.364. The maximum Gasteiger partial charge on any atom is 0.417 e. The molecule has 3 aromatic heterocycles. The van der Waals surface area contributed by atoms with E-state index in [4.69, 9.17) is 4.74 Å². The minimum atomic E-state index is -4.45. The Bertz CT molecular complexity index is 1140. The number of alkyl halides is 3. The normalized spacial score (nSPS) is 22.4. The lowest BCUT2D eigenvalue weighted by Crippen LogP contribution is -2.47. The smallest absolute Gasteiger partial charge is 0.417 e. The first-order valence-corrected chi connectivity index (χ1v) is 11.1. The van der Waals surface area contributed by atoms with Crippen LogP contribution in [0.15, 0.2) is 42.2 Å². The number of ether oxygens (including phenoxy) is 1. The van der Waals surface area contributed by atoms with Crippen LogP contribution in [-0.2, 0) is 6.18 Å². The summed E-state index contributed by atoms with van der Waals surface area (Å²) in [5, 5.41) is 2.60. The van der Waals surface area contributed by atoms with Gasteiger partial charge >= 0.3 is 6.18 Å². The Morgan fingerprint density at radius 3 is 2.66 bits per heavy atom. The number of aromatic nitrogens is 3. The van der Waals surface area contributed by atoms with E-state index >= 15 is 0 Å². The molecule has 0 spiro atoms. The molecule has 166 valence electrons. The largest absolute Gasteiger partial charge is 0.472 e. The van der Waals surface area contributed by atoms with Crippen LogP contribution in [0.4, 0.5) is 13.2 Å². The molecular formula is C22H19F3N4O2S. The van der Waals surface area contributed by atoms with Crippen LogP contribution in [-0.4, -0.2) is 44.4 Å². The van der Waals surface area contributed by atoms with E-state index in [1.165, 1.54) is 17.4 Å². The molecule has 10 heteroatoms. The van der Waals surface area contributed by atoms with Gasteiger partial charge in [0.15, 0.2) is 0 Å². The molecule has 4 heterocycles. The Hall–Kier alpha value is -3.01. The Labute approximate surface area is 186 Å². The summed E-state index contributed by atoms with van der Waals surface area (Å²) in [5.41, 5.74) is 1.19. The number of carbonyl (C=O) groups excluding carboxylic acids is 1. The van der Waals surface area contributed by atoms with E-state index in [0.29, 0.717) is 12.2 Å². The van der Waals surface area contributed by atoms with Crippen LogP contribution in [0, 0.1) is 12.8 Å². The van der Waals surface area contributed by atoms with Crippen LogP contribution in [0.5, 0.6) is 5.88 Å². The third kappa shape index (κ3) is 3.72. The van der Waals surface area contributed by atoms with Gasteiger partial charge in [0.05, 0.1) is 11.6 Å². The molecule has 6 nitrogen and oxygen atoms in total. The Kier molecular flexibility index (Phi) is 5.11. The average molecular weight is 460 g/mol. The lowest BCUT2D eigenvalue weighted by atomic mass is 10.0. The third-order valence-electron chi connectivity index (χ3n) is 6.03. The molecule has 0 radical (unpaired) electrons. The Balaban J connectivity index is 1.37. The van der Waals surface area contributed by atoms with Crippen molar-refractivity contribution in [2.24, 2.45) is 5.92 Å². The zero-order valence-electron chi connectivity index (χ0n) is 17.0. The van der Waals surface area contributed by atoms with Crippen molar-refractivity contribution in [1.82, 2.24) is 19.9 Å². The van der Waals surface area contributed by atoms with E-state index in [2.05, 4.69) is 15.0 Å². The molecule has 1 aliphatic carbocycles.